The molecule has 0 aliphatic rings. The van der Waals surface area contributed by atoms with Crippen molar-refractivity contribution in [2.75, 3.05) is 5.73 Å². The average Bonchev–Trinajstić information content (AvgIpc) is 2.47. The van der Waals surface area contributed by atoms with Crippen LogP contribution in [0.2, 0.25) is 0 Å². The number of anilines is 1. The van der Waals surface area contributed by atoms with Crippen LogP contribution in [-0.2, 0) is 7.05 Å². The van der Waals surface area contributed by atoms with E-state index < -0.39 is 5.97 Å². The number of aromatic nitrogens is 1. The molecule has 0 fully saturated rings. The highest BCUT2D eigenvalue weighted by atomic mass is 16.4. The molecular formula is C10H10N2O2. The van der Waals surface area contributed by atoms with Crippen molar-refractivity contribution in [1.82, 2.24) is 4.57 Å². The second-order valence-corrected chi connectivity index (χ2v) is 3.23. The number of nitrogens with two attached hydrogens (primary N) is 1. The molecule has 0 aliphatic carbocycles. The summed E-state index contributed by atoms with van der Waals surface area (Å²) >= 11 is 0. The number of benzene rings is 1. The molecule has 1 aromatic carbocycles. The average molecular weight is 190 g/mol. The third-order valence-corrected chi connectivity index (χ3v) is 2.26. The normalized spacial score (nSPS) is 10.6. The van der Waals surface area contributed by atoms with Crippen LogP contribution >= 0.6 is 0 Å². The lowest BCUT2D eigenvalue weighted by Crippen LogP contribution is -1.99. The Balaban J connectivity index is 2.88. The van der Waals surface area contributed by atoms with Gasteiger partial charge in [-0.1, -0.05) is 0 Å². The van der Waals surface area contributed by atoms with Crippen LogP contribution in [0.1, 0.15) is 10.4 Å². The maximum Gasteiger partial charge on any atom is 0.336 e. The summed E-state index contributed by atoms with van der Waals surface area (Å²) in [6.07, 6.45) is 1.82. The molecule has 1 aromatic heterocycles. The second-order valence-electron chi connectivity index (χ2n) is 3.23. The number of rotatable bonds is 1. The van der Waals surface area contributed by atoms with E-state index in [1.807, 2.05) is 17.8 Å². The van der Waals surface area contributed by atoms with Crippen LogP contribution in [-0.4, -0.2) is 15.6 Å². The Hall–Kier alpha value is -1.97. The predicted octanol–water partition coefficient (Wildman–Crippen LogP) is 1.46. The molecule has 3 N–H and O–H groups in total. The molecule has 14 heavy (non-hydrogen) atoms. The zero-order valence-corrected chi connectivity index (χ0v) is 7.69. The van der Waals surface area contributed by atoms with Gasteiger partial charge in [-0.15, -0.1) is 0 Å². The van der Waals surface area contributed by atoms with Crippen LogP contribution in [0.25, 0.3) is 10.9 Å². The largest absolute Gasteiger partial charge is 0.478 e. The number of nitrogens with zero attached hydrogens (tertiary/aromatic N) is 1. The summed E-state index contributed by atoms with van der Waals surface area (Å²) in [6, 6.07) is 5.02. The van der Waals surface area contributed by atoms with Crippen molar-refractivity contribution < 1.29 is 9.90 Å². The maximum absolute atomic E-state index is 10.9. The molecule has 0 bridgehead atoms. The lowest BCUT2D eigenvalue weighted by Gasteiger charge is -2.02. The predicted molar refractivity (Wildman–Crippen MR) is 54.3 cm³/mol. The number of hydrogen-bond donors (Lipinski definition) is 2. The molecule has 0 aliphatic heterocycles. The number of aromatic carboxylic acids is 1. The highest BCUT2D eigenvalue weighted by Gasteiger charge is 2.11. The van der Waals surface area contributed by atoms with E-state index in [4.69, 9.17) is 10.8 Å². The number of aryl methyl sites for hydroxylation is 1. The minimum Gasteiger partial charge on any atom is -0.478 e. The Bertz CT molecular complexity index is 514. The highest BCUT2D eigenvalue weighted by molar-refractivity contribution is 6.04. The minimum absolute atomic E-state index is 0.251. The van der Waals surface area contributed by atoms with Crippen molar-refractivity contribution in [3.05, 3.63) is 30.0 Å². The summed E-state index contributed by atoms with van der Waals surface area (Å²) in [5, 5.41) is 9.67. The minimum atomic E-state index is -0.950. The Labute approximate surface area is 80.6 Å². The zero-order valence-electron chi connectivity index (χ0n) is 7.69. The number of fused-ring (bicyclic) bond motifs is 1. The molecule has 4 nitrogen and oxygen atoms in total. The Morgan fingerprint density at radius 3 is 2.86 bits per heavy atom. The van der Waals surface area contributed by atoms with Crippen LogP contribution in [0.15, 0.2) is 24.4 Å². The lowest BCUT2D eigenvalue weighted by atomic mass is 10.1. The van der Waals surface area contributed by atoms with Gasteiger partial charge < -0.3 is 15.4 Å². The monoisotopic (exact) mass is 190 g/mol. The van der Waals surface area contributed by atoms with E-state index in [2.05, 4.69) is 0 Å². The summed E-state index contributed by atoms with van der Waals surface area (Å²) in [5.41, 5.74) is 7.17. The van der Waals surface area contributed by atoms with Gasteiger partial charge in [0.25, 0.3) is 0 Å². The molecule has 0 radical (unpaired) electrons. The van der Waals surface area contributed by atoms with Gasteiger partial charge >= 0.3 is 5.97 Å². The van der Waals surface area contributed by atoms with Crippen molar-refractivity contribution >= 4 is 22.6 Å². The fourth-order valence-electron chi connectivity index (χ4n) is 1.57. The first-order chi connectivity index (χ1) is 6.59. The molecule has 0 saturated heterocycles. The van der Waals surface area contributed by atoms with Crippen molar-refractivity contribution in [2.24, 2.45) is 7.05 Å². The van der Waals surface area contributed by atoms with Gasteiger partial charge in [-0.2, -0.15) is 0 Å². The summed E-state index contributed by atoms with van der Waals surface area (Å²) in [6.45, 7) is 0. The molecule has 0 atom stereocenters. The maximum atomic E-state index is 10.9. The van der Waals surface area contributed by atoms with Gasteiger partial charge in [0.2, 0.25) is 0 Å². The van der Waals surface area contributed by atoms with E-state index >= 15 is 0 Å². The third kappa shape index (κ3) is 1.12. The molecule has 1 heterocycles. The van der Waals surface area contributed by atoms with E-state index in [1.54, 1.807) is 12.1 Å². The van der Waals surface area contributed by atoms with E-state index in [0.717, 1.165) is 5.52 Å². The summed E-state index contributed by atoms with van der Waals surface area (Å²) in [5.74, 6) is -0.950. The first-order valence-electron chi connectivity index (χ1n) is 4.17. The Morgan fingerprint density at radius 1 is 1.50 bits per heavy atom. The van der Waals surface area contributed by atoms with Gasteiger partial charge in [-0.05, 0) is 18.2 Å². The first-order valence-corrected chi connectivity index (χ1v) is 4.17. The lowest BCUT2D eigenvalue weighted by molar-refractivity contribution is 0.0699. The molecule has 0 amide bonds. The van der Waals surface area contributed by atoms with Crippen LogP contribution in [0.5, 0.6) is 0 Å². The third-order valence-electron chi connectivity index (χ3n) is 2.26. The Kier molecular flexibility index (Phi) is 1.70. The molecule has 72 valence electrons. The topological polar surface area (TPSA) is 68.2 Å². The number of hydrogen-bond acceptors (Lipinski definition) is 2. The summed E-state index contributed by atoms with van der Waals surface area (Å²) in [4.78, 5) is 10.9. The SMILES string of the molecule is Cn1ccc2c(C(=O)O)cc(N)cc21. The van der Waals surface area contributed by atoms with Gasteiger partial charge in [-0.3, -0.25) is 0 Å². The fourth-order valence-corrected chi connectivity index (χ4v) is 1.57. The highest BCUT2D eigenvalue weighted by Crippen LogP contribution is 2.23. The second kappa shape index (κ2) is 2.77. The van der Waals surface area contributed by atoms with Crippen molar-refractivity contribution in [3.63, 3.8) is 0 Å². The van der Waals surface area contributed by atoms with Crippen LogP contribution in [0.4, 0.5) is 5.69 Å². The molecule has 4 heteroatoms. The molecule has 0 unspecified atom stereocenters. The van der Waals surface area contributed by atoms with E-state index in [1.165, 1.54) is 6.07 Å². The fraction of sp³-hybridized carbons (Fsp3) is 0.100. The Morgan fingerprint density at radius 2 is 2.21 bits per heavy atom. The number of carbonyl (C=O) groups is 1. The number of nitrogen functional groups attached to an aromatic ring is 1. The van der Waals surface area contributed by atoms with Crippen molar-refractivity contribution in [2.45, 2.75) is 0 Å². The van der Waals surface area contributed by atoms with E-state index in [-0.39, 0.29) is 5.56 Å². The van der Waals surface area contributed by atoms with Crippen LogP contribution in [0, 0.1) is 0 Å². The summed E-state index contributed by atoms with van der Waals surface area (Å²) < 4.78 is 1.85. The van der Waals surface area contributed by atoms with E-state index in [9.17, 15) is 4.79 Å². The molecule has 2 aromatic rings. The number of carboxylic acids is 1. The first kappa shape index (κ1) is 8.62. The van der Waals surface area contributed by atoms with Gasteiger partial charge in [0.05, 0.1) is 11.1 Å². The van der Waals surface area contributed by atoms with Crippen molar-refractivity contribution in [1.29, 1.82) is 0 Å². The molecule has 2 rings (SSSR count). The smallest absolute Gasteiger partial charge is 0.336 e. The zero-order chi connectivity index (χ0) is 10.3. The molecule has 0 saturated carbocycles. The van der Waals surface area contributed by atoms with Crippen molar-refractivity contribution in [3.8, 4) is 0 Å². The van der Waals surface area contributed by atoms with Gasteiger partial charge in [0.15, 0.2) is 0 Å². The number of carboxylic acid groups (broad SMARTS) is 1. The van der Waals surface area contributed by atoms with E-state index in [0.29, 0.717) is 11.1 Å². The van der Waals surface area contributed by atoms with Crippen LogP contribution in [0.3, 0.4) is 0 Å². The van der Waals surface area contributed by atoms with Gasteiger partial charge in [0.1, 0.15) is 0 Å². The van der Waals surface area contributed by atoms with Crippen LogP contribution < -0.4 is 5.73 Å². The molecular weight excluding hydrogens is 180 g/mol. The standard InChI is InChI=1S/C10H10N2O2/c1-12-3-2-7-8(10(13)14)4-6(11)5-9(7)12/h2-5H,11H2,1H3,(H,13,14). The quantitative estimate of drug-likeness (QED) is 0.669. The van der Waals surface area contributed by atoms with Gasteiger partial charge in [-0.25, -0.2) is 4.79 Å². The molecule has 0 spiro atoms. The summed E-state index contributed by atoms with van der Waals surface area (Å²) in [7, 11) is 1.85. The van der Waals surface area contributed by atoms with Gasteiger partial charge in [0, 0.05) is 24.3 Å².